The van der Waals surface area contributed by atoms with Crippen molar-refractivity contribution < 1.29 is 41.8 Å². The molecule has 2 aromatic heterocycles. The molecular formula is C27H31F2N4O9P. The van der Waals surface area contributed by atoms with Gasteiger partial charge in [-0.25, -0.2) is 18.7 Å². The van der Waals surface area contributed by atoms with E-state index < -0.39 is 73.8 Å². The van der Waals surface area contributed by atoms with Crippen LogP contribution >= 0.6 is 7.75 Å². The van der Waals surface area contributed by atoms with Crippen molar-refractivity contribution in [2.24, 2.45) is 0 Å². The third-order valence-corrected chi connectivity index (χ3v) is 8.07. The minimum atomic E-state index is -4.47. The van der Waals surface area contributed by atoms with Crippen LogP contribution in [0.3, 0.4) is 0 Å². The van der Waals surface area contributed by atoms with Crippen LogP contribution in [-0.2, 0) is 23.4 Å². The number of aliphatic hydroxyl groups is 1. The van der Waals surface area contributed by atoms with Crippen LogP contribution in [0.2, 0.25) is 0 Å². The minimum absolute atomic E-state index is 0.0272. The lowest BCUT2D eigenvalue weighted by molar-refractivity contribution is -0.149. The Morgan fingerprint density at radius 2 is 1.91 bits per heavy atom. The molecule has 4 rings (SSSR count). The van der Waals surface area contributed by atoms with Gasteiger partial charge >= 0.3 is 19.4 Å². The van der Waals surface area contributed by atoms with E-state index in [1.54, 1.807) is 32.0 Å². The Labute approximate surface area is 244 Å². The number of aromatic amines is 1. The summed E-state index contributed by atoms with van der Waals surface area (Å²) in [6, 6.07) is 8.61. The van der Waals surface area contributed by atoms with E-state index >= 15 is 4.39 Å². The molecule has 232 valence electrons. The van der Waals surface area contributed by atoms with Crippen molar-refractivity contribution >= 4 is 13.7 Å². The van der Waals surface area contributed by atoms with Crippen molar-refractivity contribution in [2.75, 3.05) is 6.61 Å². The topological polar surface area (TPSA) is 171 Å². The molecule has 1 saturated heterocycles. The van der Waals surface area contributed by atoms with Gasteiger partial charge in [0, 0.05) is 24.5 Å². The van der Waals surface area contributed by atoms with Crippen LogP contribution in [0.5, 0.6) is 5.75 Å². The molecule has 1 aliphatic rings. The molecule has 0 amide bonds. The molecule has 3 aromatic rings. The number of nitrogens with one attached hydrogen (secondary N) is 2. The van der Waals surface area contributed by atoms with Crippen molar-refractivity contribution in [1.82, 2.24) is 19.6 Å². The number of esters is 1. The zero-order chi connectivity index (χ0) is 31.5. The molecular weight excluding hydrogens is 593 g/mol. The van der Waals surface area contributed by atoms with E-state index in [0.717, 1.165) is 23.8 Å². The highest BCUT2D eigenvalue weighted by Crippen LogP contribution is 2.47. The van der Waals surface area contributed by atoms with Crippen molar-refractivity contribution in [3.63, 3.8) is 0 Å². The van der Waals surface area contributed by atoms with Gasteiger partial charge in [-0.1, -0.05) is 12.1 Å². The number of H-pyrrole nitrogens is 1. The summed E-state index contributed by atoms with van der Waals surface area (Å²) in [4.78, 5) is 41.6. The monoisotopic (exact) mass is 624 g/mol. The summed E-state index contributed by atoms with van der Waals surface area (Å²) in [6.07, 6.45) is -3.15. The number of carbonyl (C=O) groups excluding carboxylic acids is 1. The van der Waals surface area contributed by atoms with E-state index in [0.29, 0.717) is 11.1 Å². The molecule has 3 heterocycles. The third kappa shape index (κ3) is 7.61. The number of benzene rings is 1. The van der Waals surface area contributed by atoms with E-state index in [2.05, 4.69) is 10.1 Å². The number of alkyl halides is 1. The minimum Gasteiger partial charge on any atom is -0.462 e. The first-order chi connectivity index (χ1) is 20.2. The van der Waals surface area contributed by atoms with Gasteiger partial charge in [0.15, 0.2) is 11.9 Å². The molecule has 1 aliphatic heterocycles. The Hall–Kier alpha value is -3.75. The van der Waals surface area contributed by atoms with Gasteiger partial charge in [0.05, 0.1) is 12.7 Å². The summed E-state index contributed by atoms with van der Waals surface area (Å²) in [5.74, 6) is -1.40. The van der Waals surface area contributed by atoms with Gasteiger partial charge in [0.2, 0.25) is 5.95 Å². The van der Waals surface area contributed by atoms with Crippen LogP contribution in [0.25, 0.3) is 11.1 Å². The molecule has 6 atom stereocenters. The van der Waals surface area contributed by atoms with Gasteiger partial charge in [-0.3, -0.25) is 23.7 Å². The molecule has 0 aliphatic carbocycles. The van der Waals surface area contributed by atoms with Crippen LogP contribution in [0.4, 0.5) is 8.78 Å². The number of halogens is 2. The fourth-order valence-electron chi connectivity index (χ4n) is 4.28. The fraction of sp³-hybridized carbons (Fsp3) is 0.407. The maximum atomic E-state index is 15.6. The van der Waals surface area contributed by atoms with Crippen molar-refractivity contribution in [3.05, 3.63) is 81.6 Å². The quantitative estimate of drug-likeness (QED) is 0.163. The summed E-state index contributed by atoms with van der Waals surface area (Å²) in [6.45, 7) is 4.91. The summed E-state index contributed by atoms with van der Waals surface area (Å²) in [7, 11) is -4.47. The van der Waals surface area contributed by atoms with Gasteiger partial charge in [-0.2, -0.15) is 9.48 Å². The molecule has 0 saturated carbocycles. The number of aromatic nitrogens is 3. The van der Waals surface area contributed by atoms with Crippen LogP contribution in [-0.4, -0.2) is 62.2 Å². The molecule has 16 heteroatoms. The van der Waals surface area contributed by atoms with Gasteiger partial charge in [0.1, 0.15) is 24.0 Å². The molecule has 3 N–H and O–H groups in total. The number of hydrogen-bond acceptors (Lipinski definition) is 10. The maximum Gasteiger partial charge on any atom is 0.459 e. The van der Waals surface area contributed by atoms with Gasteiger partial charge in [0.25, 0.3) is 5.56 Å². The van der Waals surface area contributed by atoms with Crippen molar-refractivity contribution in [3.8, 4) is 16.9 Å². The molecule has 0 bridgehead atoms. The number of ether oxygens (including phenoxy) is 2. The van der Waals surface area contributed by atoms with Crippen LogP contribution in [0.1, 0.15) is 33.9 Å². The summed E-state index contributed by atoms with van der Waals surface area (Å²) >= 11 is 0. The predicted molar refractivity (Wildman–Crippen MR) is 148 cm³/mol. The average Bonchev–Trinajstić information content (AvgIpc) is 3.15. The second kappa shape index (κ2) is 12.9. The first-order valence-corrected chi connectivity index (χ1v) is 14.7. The number of pyridine rings is 1. The highest BCUT2D eigenvalue weighted by Gasteiger charge is 2.56. The summed E-state index contributed by atoms with van der Waals surface area (Å²) < 4.78 is 65.7. The Bertz CT molecular complexity index is 1610. The molecule has 0 spiro atoms. The van der Waals surface area contributed by atoms with E-state index in [4.69, 9.17) is 18.5 Å². The van der Waals surface area contributed by atoms with E-state index in [9.17, 15) is 28.4 Å². The second-order valence-corrected chi connectivity index (χ2v) is 11.9. The van der Waals surface area contributed by atoms with Crippen molar-refractivity contribution in [1.29, 1.82) is 0 Å². The lowest BCUT2D eigenvalue weighted by Crippen LogP contribution is -2.43. The summed E-state index contributed by atoms with van der Waals surface area (Å²) in [5.41, 5.74) is -3.10. The zero-order valence-electron chi connectivity index (χ0n) is 23.6. The molecule has 43 heavy (non-hydrogen) atoms. The Balaban J connectivity index is 1.55. The van der Waals surface area contributed by atoms with Crippen LogP contribution in [0, 0.1) is 5.95 Å². The summed E-state index contributed by atoms with van der Waals surface area (Å²) in [5, 5.41) is 13.2. The molecule has 13 nitrogen and oxygen atoms in total. The second-order valence-electron chi connectivity index (χ2n) is 10.3. The highest BCUT2D eigenvalue weighted by molar-refractivity contribution is 7.52. The molecule has 1 unspecified atom stereocenters. The van der Waals surface area contributed by atoms with E-state index in [1.807, 2.05) is 4.98 Å². The number of aliphatic hydroxyl groups excluding tert-OH is 1. The zero-order valence-corrected chi connectivity index (χ0v) is 24.5. The first kappa shape index (κ1) is 32.2. The van der Waals surface area contributed by atoms with Crippen LogP contribution < -0.4 is 20.9 Å². The van der Waals surface area contributed by atoms with Crippen molar-refractivity contribution in [2.45, 2.75) is 63.9 Å². The Morgan fingerprint density at radius 3 is 2.53 bits per heavy atom. The van der Waals surface area contributed by atoms with E-state index in [1.165, 1.54) is 31.3 Å². The predicted octanol–water partition coefficient (Wildman–Crippen LogP) is 2.86. The number of rotatable bonds is 11. The van der Waals surface area contributed by atoms with Crippen LogP contribution in [0.15, 0.2) is 64.4 Å². The highest BCUT2D eigenvalue weighted by atomic mass is 31.2. The maximum absolute atomic E-state index is 15.6. The number of nitrogens with zero attached hydrogens (tertiary/aromatic N) is 2. The van der Waals surface area contributed by atoms with E-state index in [-0.39, 0.29) is 5.75 Å². The fourth-order valence-corrected chi connectivity index (χ4v) is 5.78. The third-order valence-electron chi connectivity index (χ3n) is 6.43. The SMILES string of the molecule is CC(C)OC(=O)[C@H](C)NP(=O)(OC[C@H]1O[C@@H](n2ccc(=O)[nH]c2=O)[C@](C)(F)[C@@H]1O)Oc1ccc(-c2ccnc(F)c2)cc1. The largest absolute Gasteiger partial charge is 0.462 e. The Kier molecular flexibility index (Phi) is 9.62. The number of carbonyl (C=O) groups is 1. The van der Waals surface area contributed by atoms with Gasteiger partial charge < -0.3 is 19.1 Å². The first-order valence-electron chi connectivity index (χ1n) is 13.2. The lowest BCUT2D eigenvalue weighted by atomic mass is 9.98. The molecule has 1 fully saturated rings. The molecule has 0 radical (unpaired) electrons. The lowest BCUT2D eigenvalue weighted by Gasteiger charge is -2.25. The smallest absolute Gasteiger partial charge is 0.459 e. The average molecular weight is 625 g/mol. The Morgan fingerprint density at radius 1 is 1.21 bits per heavy atom. The van der Waals surface area contributed by atoms with Gasteiger partial charge in [-0.05, 0) is 57.0 Å². The standard InChI is InChI=1S/C27H31F2N4O9P/c1-15(2)40-24(36)16(3)32-43(38,42-19-7-5-17(6-8-19)18-9-11-30-21(28)13-18)39-14-20-23(35)27(4,29)25(41-20)33-12-10-22(34)31-26(33)37/h5-13,15-16,20,23,25,35H,14H2,1-4H3,(H,32,38)(H,31,34,37)/t16-,20+,23+,25+,27+,43?/m0/s1. The molecule has 1 aromatic carbocycles. The number of hydrogen-bond donors (Lipinski definition) is 3. The normalized spacial score (nSPS) is 24.0. The van der Waals surface area contributed by atoms with Gasteiger partial charge in [-0.15, -0.1) is 0 Å².